The van der Waals surface area contributed by atoms with Crippen LogP contribution in [-0.2, 0) is 16.6 Å². The van der Waals surface area contributed by atoms with Crippen LogP contribution in [0.4, 0.5) is 5.69 Å². The van der Waals surface area contributed by atoms with Crippen LogP contribution in [0.2, 0.25) is 0 Å². The lowest BCUT2D eigenvalue weighted by atomic mass is 10.3. The number of nitrogens with one attached hydrogen (secondary N) is 2. The molecule has 0 saturated carbocycles. The Balaban J connectivity index is 2.30. The Hall–Kier alpha value is -1.13. The van der Waals surface area contributed by atoms with Crippen LogP contribution in [0, 0.1) is 3.57 Å². The van der Waals surface area contributed by atoms with Crippen molar-refractivity contribution in [2.75, 3.05) is 4.72 Å². The summed E-state index contributed by atoms with van der Waals surface area (Å²) >= 11 is 2.15. The molecule has 0 aliphatic heterocycles. The molecule has 1 aromatic heterocycles. The van der Waals surface area contributed by atoms with E-state index in [-0.39, 0.29) is 11.6 Å². The van der Waals surface area contributed by atoms with Gasteiger partial charge in [0.1, 0.15) is 0 Å². The molecule has 8 heteroatoms. The van der Waals surface area contributed by atoms with Gasteiger partial charge in [0.05, 0.1) is 6.20 Å². The number of rotatable bonds is 4. The minimum Gasteiger partial charge on any atom is -0.326 e. The van der Waals surface area contributed by atoms with Gasteiger partial charge in [-0.25, -0.2) is 0 Å². The highest BCUT2D eigenvalue weighted by molar-refractivity contribution is 14.1. The predicted octanol–water partition coefficient (Wildman–Crippen LogP) is 1.27. The predicted molar refractivity (Wildman–Crippen MR) is 76.4 cm³/mol. The zero-order valence-electron chi connectivity index (χ0n) is 9.22. The van der Waals surface area contributed by atoms with Gasteiger partial charge in [-0.3, -0.25) is 9.82 Å². The molecule has 96 valence electrons. The van der Waals surface area contributed by atoms with Crippen molar-refractivity contribution in [2.24, 2.45) is 5.73 Å². The van der Waals surface area contributed by atoms with E-state index in [1.54, 1.807) is 12.1 Å². The molecule has 6 nitrogen and oxygen atoms in total. The molecular formula is C10H11IN4O2S. The van der Waals surface area contributed by atoms with Crippen molar-refractivity contribution in [1.82, 2.24) is 10.2 Å². The van der Waals surface area contributed by atoms with Crippen LogP contribution in [0.1, 0.15) is 5.56 Å². The second-order valence-electron chi connectivity index (χ2n) is 3.54. The van der Waals surface area contributed by atoms with Crippen molar-refractivity contribution < 1.29 is 8.42 Å². The summed E-state index contributed by atoms with van der Waals surface area (Å²) in [6, 6.07) is 7.01. The van der Waals surface area contributed by atoms with E-state index in [9.17, 15) is 8.42 Å². The van der Waals surface area contributed by atoms with Crippen molar-refractivity contribution in [1.29, 1.82) is 0 Å². The number of aromatic nitrogens is 2. The fraction of sp³-hybridized carbons (Fsp3) is 0.100. The number of hydrogen-bond acceptors (Lipinski definition) is 4. The van der Waals surface area contributed by atoms with Gasteiger partial charge in [0, 0.05) is 21.4 Å². The highest BCUT2D eigenvalue weighted by Crippen LogP contribution is 2.18. The van der Waals surface area contributed by atoms with Crippen molar-refractivity contribution >= 4 is 38.3 Å². The van der Waals surface area contributed by atoms with Gasteiger partial charge in [-0.2, -0.15) is 13.5 Å². The summed E-state index contributed by atoms with van der Waals surface area (Å²) in [5.41, 5.74) is 6.40. The Morgan fingerprint density at radius 2 is 2.00 bits per heavy atom. The van der Waals surface area contributed by atoms with Crippen LogP contribution >= 0.6 is 22.6 Å². The van der Waals surface area contributed by atoms with E-state index >= 15 is 0 Å². The van der Waals surface area contributed by atoms with Gasteiger partial charge in [0.15, 0.2) is 5.03 Å². The summed E-state index contributed by atoms with van der Waals surface area (Å²) in [6.45, 7) is 0.111. The number of hydrogen-bond donors (Lipinski definition) is 3. The van der Waals surface area contributed by atoms with E-state index in [1.807, 2.05) is 12.1 Å². The first-order valence-corrected chi connectivity index (χ1v) is 7.60. The zero-order valence-corrected chi connectivity index (χ0v) is 12.2. The second kappa shape index (κ2) is 5.24. The Morgan fingerprint density at radius 3 is 2.61 bits per heavy atom. The lowest BCUT2D eigenvalue weighted by molar-refractivity contribution is 0.596. The lowest BCUT2D eigenvalue weighted by Crippen LogP contribution is -2.16. The van der Waals surface area contributed by atoms with E-state index in [0.29, 0.717) is 11.3 Å². The molecule has 0 unspecified atom stereocenters. The molecule has 0 atom stereocenters. The Kier molecular flexibility index (Phi) is 3.88. The summed E-state index contributed by atoms with van der Waals surface area (Å²) < 4.78 is 27.7. The fourth-order valence-corrected chi connectivity index (χ4v) is 2.96. The summed E-state index contributed by atoms with van der Waals surface area (Å²) in [5.74, 6) is 0. The molecule has 0 bridgehead atoms. The largest absolute Gasteiger partial charge is 0.326 e. The third-order valence-corrected chi connectivity index (χ3v) is 4.38. The molecule has 2 aromatic rings. The Bertz CT molecular complexity index is 636. The first-order chi connectivity index (χ1) is 8.53. The number of nitrogens with zero attached hydrogens (tertiary/aromatic N) is 1. The molecule has 0 fully saturated rings. The fourth-order valence-electron chi connectivity index (χ4n) is 1.40. The van der Waals surface area contributed by atoms with E-state index in [1.165, 1.54) is 6.20 Å². The normalized spacial score (nSPS) is 11.4. The van der Waals surface area contributed by atoms with Crippen LogP contribution in [0.5, 0.6) is 0 Å². The van der Waals surface area contributed by atoms with Crippen molar-refractivity contribution in [3.05, 3.63) is 39.6 Å². The average Bonchev–Trinajstić information content (AvgIpc) is 2.81. The quantitative estimate of drug-likeness (QED) is 0.698. The lowest BCUT2D eigenvalue weighted by Gasteiger charge is -2.07. The molecule has 0 amide bonds. The van der Waals surface area contributed by atoms with Gasteiger partial charge in [-0.1, -0.05) is 0 Å². The number of aromatic amines is 1. The Morgan fingerprint density at radius 1 is 1.33 bits per heavy atom. The van der Waals surface area contributed by atoms with Crippen LogP contribution in [0.15, 0.2) is 35.5 Å². The van der Waals surface area contributed by atoms with Gasteiger partial charge in [0.25, 0.3) is 10.0 Å². The van der Waals surface area contributed by atoms with Gasteiger partial charge < -0.3 is 5.73 Å². The van der Waals surface area contributed by atoms with E-state index in [4.69, 9.17) is 5.73 Å². The first-order valence-electron chi connectivity index (χ1n) is 5.03. The zero-order chi connectivity index (χ0) is 13.2. The van der Waals surface area contributed by atoms with Gasteiger partial charge >= 0.3 is 0 Å². The van der Waals surface area contributed by atoms with Crippen LogP contribution in [0.25, 0.3) is 0 Å². The summed E-state index contributed by atoms with van der Waals surface area (Å²) in [7, 11) is -3.68. The van der Waals surface area contributed by atoms with Gasteiger partial charge in [-0.15, -0.1) is 0 Å². The average molecular weight is 378 g/mol. The van der Waals surface area contributed by atoms with Gasteiger partial charge in [-0.05, 0) is 46.9 Å². The number of sulfonamides is 1. The SMILES string of the molecule is NCc1cn[nH]c1S(=O)(=O)Nc1ccc(I)cc1. The summed E-state index contributed by atoms with van der Waals surface area (Å²) in [4.78, 5) is 0. The topological polar surface area (TPSA) is 101 Å². The molecule has 4 N–H and O–H groups in total. The van der Waals surface area contributed by atoms with Crippen molar-refractivity contribution in [2.45, 2.75) is 11.6 Å². The maximum Gasteiger partial charge on any atom is 0.279 e. The number of benzene rings is 1. The highest BCUT2D eigenvalue weighted by Gasteiger charge is 2.20. The third kappa shape index (κ3) is 2.82. The minimum atomic E-state index is -3.68. The van der Waals surface area contributed by atoms with Crippen molar-refractivity contribution in [3.63, 3.8) is 0 Å². The summed E-state index contributed by atoms with van der Waals surface area (Å²) in [5, 5.41) is 6.14. The van der Waals surface area contributed by atoms with E-state index in [2.05, 4.69) is 37.5 Å². The molecule has 0 aliphatic carbocycles. The second-order valence-corrected chi connectivity index (χ2v) is 6.41. The highest BCUT2D eigenvalue weighted by atomic mass is 127. The van der Waals surface area contributed by atoms with E-state index in [0.717, 1.165) is 3.57 Å². The monoisotopic (exact) mass is 378 g/mol. The standard InChI is InChI=1S/C10H11IN4O2S/c11-8-1-3-9(4-2-8)15-18(16,17)10-7(5-12)6-13-14-10/h1-4,6,15H,5,12H2,(H,13,14). The smallest absolute Gasteiger partial charge is 0.279 e. The maximum absolute atomic E-state index is 12.1. The first kappa shape index (κ1) is 13.3. The number of nitrogens with two attached hydrogens (primary N) is 1. The molecule has 0 radical (unpaired) electrons. The van der Waals surface area contributed by atoms with Gasteiger partial charge in [0.2, 0.25) is 0 Å². The summed E-state index contributed by atoms with van der Waals surface area (Å²) in [6.07, 6.45) is 1.41. The third-order valence-electron chi connectivity index (χ3n) is 2.26. The molecule has 0 spiro atoms. The molecular weight excluding hydrogens is 367 g/mol. The van der Waals surface area contributed by atoms with Crippen molar-refractivity contribution in [3.8, 4) is 0 Å². The molecule has 0 saturated heterocycles. The number of H-pyrrole nitrogens is 1. The van der Waals surface area contributed by atoms with Crippen LogP contribution in [-0.4, -0.2) is 18.6 Å². The van der Waals surface area contributed by atoms with Crippen LogP contribution < -0.4 is 10.5 Å². The van der Waals surface area contributed by atoms with E-state index < -0.39 is 10.0 Å². The molecule has 18 heavy (non-hydrogen) atoms. The minimum absolute atomic E-state index is 0.00329. The Labute approximate surface area is 118 Å². The molecule has 0 aliphatic rings. The molecule has 1 aromatic carbocycles. The van der Waals surface area contributed by atoms with Crippen LogP contribution in [0.3, 0.4) is 0 Å². The molecule has 2 rings (SSSR count). The maximum atomic E-state index is 12.1. The number of halogens is 1. The number of anilines is 1. The molecule has 1 heterocycles.